The van der Waals surface area contributed by atoms with Crippen LogP contribution in [0, 0.1) is 0 Å². The van der Waals surface area contributed by atoms with Crippen molar-refractivity contribution >= 4 is 5.96 Å². The fourth-order valence-electron chi connectivity index (χ4n) is 1.46. The van der Waals surface area contributed by atoms with Gasteiger partial charge in [-0.05, 0) is 48.5 Å². The molecule has 0 saturated carbocycles. The molecule has 0 unspecified atom stereocenters. The van der Waals surface area contributed by atoms with E-state index in [0.29, 0.717) is 18.1 Å². The summed E-state index contributed by atoms with van der Waals surface area (Å²) in [6.45, 7) is 16.0. The third-order valence-corrected chi connectivity index (χ3v) is 2.03. The number of guanidine groups is 1. The van der Waals surface area contributed by atoms with E-state index < -0.39 is 0 Å². The zero-order chi connectivity index (χ0) is 12.0. The van der Waals surface area contributed by atoms with E-state index in [1.54, 1.807) is 0 Å². The molecule has 0 rings (SSSR count). The van der Waals surface area contributed by atoms with Gasteiger partial charge in [-0.1, -0.05) is 0 Å². The van der Waals surface area contributed by atoms with Gasteiger partial charge in [0, 0.05) is 24.7 Å². The standard InChI is InChI=1S/C12H27N3/c1-8-15(11(6)7)12(13-9(2)3)14-10(4)5/h9-11H,8H2,1-7H3,(H,13,14). The zero-order valence-corrected chi connectivity index (χ0v) is 11.3. The van der Waals surface area contributed by atoms with Crippen LogP contribution in [0.3, 0.4) is 0 Å². The fourth-order valence-corrected chi connectivity index (χ4v) is 1.46. The lowest BCUT2D eigenvalue weighted by Crippen LogP contribution is -2.47. The first-order valence-corrected chi connectivity index (χ1v) is 5.99. The van der Waals surface area contributed by atoms with E-state index in [2.05, 4.69) is 63.7 Å². The molecule has 0 fully saturated rings. The second-order valence-corrected chi connectivity index (χ2v) is 4.73. The van der Waals surface area contributed by atoms with Gasteiger partial charge < -0.3 is 10.2 Å². The van der Waals surface area contributed by atoms with E-state index in [4.69, 9.17) is 0 Å². The minimum Gasteiger partial charge on any atom is -0.354 e. The van der Waals surface area contributed by atoms with Gasteiger partial charge in [0.25, 0.3) is 0 Å². The Balaban J connectivity index is 4.74. The van der Waals surface area contributed by atoms with Crippen LogP contribution in [0.5, 0.6) is 0 Å². The summed E-state index contributed by atoms with van der Waals surface area (Å²) in [5, 5.41) is 3.42. The van der Waals surface area contributed by atoms with Gasteiger partial charge in [0.2, 0.25) is 0 Å². The molecule has 0 amide bonds. The Bertz CT molecular complexity index is 195. The molecule has 3 heteroatoms. The highest BCUT2D eigenvalue weighted by molar-refractivity contribution is 5.80. The lowest BCUT2D eigenvalue weighted by atomic mass is 10.3. The lowest BCUT2D eigenvalue weighted by molar-refractivity contribution is 0.348. The molecule has 1 N–H and O–H groups in total. The minimum absolute atomic E-state index is 0.332. The molecule has 0 spiro atoms. The average molecular weight is 213 g/mol. The first kappa shape index (κ1) is 14.3. The number of nitrogens with zero attached hydrogens (tertiary/aromatic N) is 2. The molecular weight excluding hydrogens is 186 g/mol. The molecule has 0 atom stereocenters. The smallest absolute Gasteiger partial charge is 0.194 e. The van der Waals surface area contributed by atoms with Crippen LogP contribution in [0.2, 0.25) is 0 Å². The van der Waals surface area contributed by atoms with Crippen molar-refractivity contribution in [3.8, 4) is 0 Å². The number of nitrogens with one attached hydrogen (secondary N) is 1. The van der Waals surface area contributed by atoms with Gasteiger partial charge in [-0.2, -0.15) is 0 Å². The Labute approximate surface area is 95.0 Å². The maximum atomic E-state index is 4.64. The molecule has 0 saturated heterocycles. The zero-order valence-electron chi connectivity index (χ0n) is 11.3. The number of hydrogen-bond acceptors (Lipinski definition) is 1. The van der Waals surface area contributed by atoms with Crippen LogP contribution in [-0.4, -0.2) is 35.5 Å². The lowest BCUT2D eigenvalue weighted by Gasteiger charge is -2.31. The number of rotatable bonds is 4. The summed E-state index contributed by atoms with van der Waals surface area (Å²) in [5.74, 6) is 1.03. The van der Waals surface area contributed by atoms with Gasteiger partial charge in [0.1, 0.15) is 0 Å². The van der Waals surface area contributed by atoms with Gasteiger partial charge in [-0.3, -0.25) is 4.99 Å². The van der Waals surface area contributed by atoms with Gasteiger partial charge in [0.05, 0.1) is 0 Å². The molecule has 0 aromatic heterocycles. The van der Waals surface area contributed by atoms with Crippen molar-refractivity contribution in [2.45, 2.75) is 66.6 Å². The molecule has 0 aromatic carbocycles. The summed E-state index contributed by atoms with van der Waals surface area (Å²) in [6, 6.07) is 1.24. The molecule has 0 aliphatic heterocycles. The van der Waals surface area contributed by atoms with E-state index in [1.165, 1.54) is 0 Å². The van der Waals surface area contributed by atoms with E-state index in [0.717, 1.165) is 12.5 Å². The number of hydrogen-bond donors (Lipinski definition) is 1. The highest BCUT2D eigenvalue weighted by Crippen LogP contribution is 2.01. The van der Waals surface area contributed by atoms with Gasteiger partial charge in [-0.15, -0.1) is 0 Å². The fraction of sp³-hybridized carbons (Fsp3) is 0.917. The maximum Gasteiger partial charge on any atom is 0.194 e. The molecule has 15 heavy (non-hydrogen) atoms. The summed E-state index contributed by atoms with van der Waals surface area (Å²) in [5.41, 5.74) is 0. The van der Waals surface area contributed by atoms with Crippen molar-refractivity contribution in [2.24, 2.45) is 4.99 Å². The molecule has 0 radical (unpaired) electrons. The average Bonchev–Trinajstić information content (AvgIpc) is 2.01. The number of aliphatic imine (C=N–C) groups is 1. The third kappa shape index (κ3) is 5.65. The third-order valence-electron chi connectivity index (χ3n) is 2.03. The van der Waals surface area contributed by atoms with Crippen LogP contribution in [-0.2, 0) is 0 Å². The second-order valence-electron chi connectivity index (χ2n) is 4.73. The summed E-state index contributed by atoms with van der Waals surface area (Å²) < 4.78 is 0. The molecule has 0 heterocycles. The predicted molar refractivity (Wildman–Crippen MR) is 68.4 cm³/mol. The maximum absolute atomic E-state index is 4.64. The normalized spacial score (nSPS) is 12.8. The second kappa shape index (κ2) is 6.70. The van der Waals surface area contributed by atoms with Crippen LogP contribution in [0.15, 0.2) is 4.99 Å². The molecule has 0 aromatic rings. The molecule has 0 aliphatic carbocycles. The monoisotopic (exact) mass is 213 g/mol. The predicted octanol–water partition coefficient (Wildman–Crippen LogP) is 2.48. The van der Waals surface area contributed by atoms with Crippen molar-refractivity contribution < 1.29 is 0 Å². The van der Waals surface area contributed by atoms with Crippen molar-refractivity contribution in [2.75, 3.05) is 6.54 Å². The Morgan fingerprint density at radius 3 is 1.93 bits per heavy atom. The SMILES string of the molecule is CCN(C(=NC(C)C)NC(C)C)C(C)C. The van der Waals surface area contributed by atoms with Gasteiger partial charge >= 0.3 is 0 Å². The topological polar surface area (TPSA) is 27.6 Å². The van der Waals surface area contributed by atoms with Crippen molar-refractivity contribution in [1.82, 2.24) is 10.2 Å². The summed E-state index contributed by atoms with van der Waals surface area (Å²) in [7, 11) is 0. The largest absolute Gasteiger partial charge is 0.354 e. The van der Waals surface area contributed by atoms with Crippen LogP contribution < -0.4 is 5.32 Å². The van der Waals surface area contributed by atoms with Crippen LogP contribution in [0.25, 0.3) is 0 Å². The van der Waals surface area contributed by atoms with E-state index in [-0.39, 0.29) is 0 Å². The first-order valence-electron chi connectivity index (χ1n) is 5.99. The Hall–Kier alpha value is -0.730. The van der Waals surface area contributed by atoms with E-state index >= 15 is 0 Å². The summed E-state index contributed by atoms with van der Waals surface area (Å²) >= 11 is 0. The van der Waals surface area contributed by atoms with Crippen molar-refractivity contribution in [1.29, 1.82) is 0 Å². The van der Waals surface area contributed by atoms with Gasteiger partial charge in [0.15, 0.2) is 5.96 Å². The highest BCUT2D eigenvalue weighted by Gasteiger charge is 2.13. The molecule has 0 bridgehead atoms. The van der Waals surface area contributed by atoms with Crippen molar-refractivity contribution in [3.63, 3.8) is 0 Å². The van der Waals surface area contributed by atoms with E-state index in [1.807, 2.05) is 0 Å². The summed E-state index contributed by atoms with van der Waals surface area (Å²) in [4.78, 5) is 6.93. The molecular formula is C12H27N3. The summed E-state index contributed by atoms with van der Waals surface area (Å²) in [6.07, 6.45) is 0. The van der Waals surface area contributed by atoms with E-state index in [9.17, 15) is 0 Å². The Morgan fingerprint density at radius 1 is 1.13 bits per heavy atom. The molecule has 3 nitrogen and oxygen atoms in total. The first-order chi connectivity index (χ1) is 6.88. The van der Waals surface area contributed by atoms with Crippen molar-refractivity contribution in [3.05, 3.63) is 0 Å². The van der Waals surface area contributed by atoms with Crippen LogP contribution in [0.1, 0.15) is 48.5 Å². The molecule has 90 valence electrons. The van der Waals surface area contributed by atoms with Crippen LogP contribution in [0.4, 0.5) is 0 Å². The Morgan fingerprint density at radius 2 is 1.67 bits per heavy atom. The van der Waals surface area contributed by atoms with Crippen LogP contribution >= 0.6 is 0 Å². The Kier molecular flexibility index (Phi) is 6.37. The highest BCUT2D eigenvalue weighted by atomic mass is 15.3. The molecule has 0 aliphatic rings. The minimum atomic E-state index is 0.332. The van der Waals surface area contributed by atoms with Gasteiger partial charge in [-0.25, -0.2) is 0 Å². The quantitative estimate of drug-likeness (QED) is 0.574.